The van der Waals surface area contributed by atoms with E-state index in [1.165, 1.54) is 23.4 Å². The molecule has 1 aliphatic rings. The van der Waals surface area contributed by atoms with Gasteiger partial charge in [0.05, 0.1) is 11.9 Å². The molecule has 0 radical (unpaired) electrons. The van der Waals surface area contributed by atoms with Crippen LogP contribution in [0.4, 0.5) is 5.13 Å². The highest BCUT2D eigenvalue weighted by Crippen LogP contribution is 2.29. The molecule has 3 aromatic rings. The fourth-order valence-corrected chi connectivity index (χ4v) is 3.99. The molecule has 26 heavy (non-hydrogen) atoms. The third-order valence-corrected chi connectivity index (χ3v) is 5.39. The van der Waals surface area contributed by atoms with Crippen molar-refractivity contribution in [1.29, 1.82) is 0 Å². The third kappa shape index (κ3) is 4.29. The second-order valence-corrected chi connectivity index (χ2v) is 7.40. The number of hydrogen-bond donors (Lipinski definition) is 1. The van der Waals surface area contributed by atoms with Gasteiger partial charge in [-0.3, -0.25) is 5.43 Å². The third-order valence-electron chi connectivity index (χ3n) is 4.33. The molecule has 1 aliphatic carbocycles. The molecule has 132 valence electrons. The number of aryl methyl sites for hydroxylation is 2. The summed E-state index contributed by atoms with van der Waals surface area (Å²) in [5, 5.41) is 5.21. The van der Waals surface area contributed by atoms with Crippen LogP contribution in [-0.4, -0.2) is 11.2 Å². The molecule has 1 heterocycles. The average molecular weight is 363 g/mol. The van der Waals surface area contributed by atoms with Crippen molar-refractivity contribution in [2.75, 3.05) is 5.43 Å². The summed E-state index contributed by atoms with van der Waals surface area (Å²) in [6.45, 7) is 0.560. The van der Waals surface area contributed by atoms with Crippen molar-refractivity contribution in [3.63, 3.8) is 0 Å². The number of rotatable bonds is 6. The van der Waals surface area contributed by atoms with E-state index in [1.807, 2.05) is 42.5 Å². The second-order valence-electron chi connectivity index (χ2n) is 6.31. The smallest absolute Gasteiger partial charge is 0.203 e. The minimum absolute atomic E-state index is 0.560. The normalized spacial score (nSPS) is 13.5. The van der Waals surface area contributed by atoms with Crippen molar-refractivity contribution in [3.05, 3.63) is 76.3 Å². The molecule has 0 unspecified atom stereocenters. The van der Waals surface area contributed by atoms with Crippen LogP contribution in [0.5, 0.6) is 5.75 Å². The Morgan fingerprint density at radius 2 is 1.96 bits per heavy atom. The van der Waals surface area contributed by atoms with Gasteiger partial charge in [-0.2, -0.15) is 5.10 Å². The van der Waals surface area contributed by atoms with Crippen LogP contribution in [0.3, 0.4) is 0 Å². The number of fused-ring (bicyclic) bond motifs is 1. The van der Waals surface area contributed by atoms with Gasteiger partial charge in [-0.1, -0.05) is 42.5 Å². The maximum absolute atomic E-state index is 5.86. The molecule has 1 aromatic heterocycles. The predicted molar refractivity (Wildman–Crippen MR) is 107 cm³/mol. The summed E-state index contributed by atoms with van der Waals surface area (Å²) in [5.41, 5.74) is 6.45. The summed E-state index contributed by atoms with van der Waals surface area (Å²) in [4.78, 5) is 6.04. The molecule has 0 bridgehead atoms. The number of nitrogens with zero attached hydrogens (tertiary/aromatic N) is 2. The zero-order valence-corrected chi connectivity index (χ0v) is 15.3. The van der Waals surface area contributed by atoms with Gasteiger partial charge in [0.25, 0.3) is 0 Å². The van der Waals surface area contributed by atoms with Crippen LogP contribution in [0.1, 0.15) is 34.5 Å². The van der Waals surface area contributed by atoms with Gasteiger partial charge in [-0.05, 0) is 48.9 Å². The zero-order chi connectivity index (χ0) is 17.6. The molecule has 0 amide bonds. The first-order valence-electron chi connectivity index (χ1n) is 8.91. The maximum atomic E-state index is 5.86. The molecule has 5 heteroatoms. The SMILES string of the molecule is C(=N/Nc1nc2c(s1)CCCC2)/c1cccc(OCc2ccccc2)c1. The molecular weight excluding hydrogens is 342 g/mol. The van der Waals surface area contributed by atoms with E-state index in [2.05, 4.69) is 27.6 Å². The molecule has 0 saturated heterocycles. The highest BCUT2D eigenvalue weighted by molar-refractivity contribution is 7.15. The quantitative estimate of drug-likeness (QED) is 0.492. The number of anilines is 1. The van der Waals surface area contributed by atoms with Gasteiger partial charge in [-0.15, -0.1) is 11.3 Å². The molecular formula is C21H21N3OS. The van der Waals surface area contributed by atoms with Crippen LogP contribution in [0.25, 0.3) is 0 Å². The Labute approximate surface area is 157 Å². The lowest BCUT2D eigenvalue weighted by Crippen LogP contribution is -1.99. The number of thiazole rings is 1. The van der Waals surface area contributed by atoms with Crippen molar-refractivity contribution in [1.82, 2.24) is 4.98 Å². The van der Waals surface area contributed by atoms with Gasteiger partial charge < -0.3 is 4.74 Å². The molecule has 2 aromatic carbocycles. The highest BCUT2D eigenvalue weighted by Gasteiger charge is 2.14. The molecule has 0 fully saturated rings. The van der Waals surface area contributed by atoms with Crippen LogP contribution < -0.4 is 10.2 Å². The fourth-order valence-electron chi connectivity index (χ4n) is 2.99. The number of hydrogen-bond acceptors (Lipinski definition) is 5. The van der Waals surface area contributed by atoms with Gasteiger partial charge in [0, 0.05) is 4.88 Å². The molecule has 0 aliphatic heterocycles. The standard InChI is InChI=1S/C21H21N3OS/c1-2-7-16(8-3-1)15-25-18-10-6-9-17(13-18)14-22-24-21-23-19-11-4-5-12-20(19)26-21/h1-3,6-10,13-14H,4-5,11-12,15H2,(H,23,24)/b22-14-. The lowest BCUT2D eigenvalue weighted by Gasteiger charge is -2.06. The van der Waals surface area contributed by atoms with Gasteiger partial charge >= 0.3 is 0 Å². The van der Waals surface area contributed by atoms with E-state index in [0.717, 1.165) is 34.8 Å². The van der Waals surface area contributed by atoms with E-state index >= 15 is 0 Å². The predicted octanol–water partition coefficient (Wildman–Crippen LogP) is 5.05. The van der Waals surface area contributed by atoms with E-state index in [9.17, 15) is 0 Å². The number of benzene rings is 2. The van der Waals surface area contributed by atoms with Crippen LogP contribution >= 0.6 is 11.3 Å². The Morgan fingerprint density at radius 3 is 2.85 bits per heavy atom. The second kappa shape index (κ2) is 8.15. The Balaban J connectivity index is 1.35. The first-order chi connectivity index (χ1) is 12.9. The summed E-state index contributed by atoms with van der Waals surface area (Å²) in [5.74, 6) is 0.836. The van der Waals surface area contributed by atoms with Crippen LogP contribution in [0.15, 0.2) is 59.7 Å². The Kier molecular flexibility index (Phi) is 5.26. The average Bonchev–Trinajstić information content (AvgIpc) is 3.10. The zero-order valence-electron chi connectivity index (χ0n) is 14.5. The first-order valence-corrected chi connectivity index (χ1v) is 9.73. The Bertz CT molecular complexity index is 866. The monoisotopic (exact) mass is 363 g/mol. The van der Waals surface area contributed by atoms with E-state index in [4.69, 9.17) is 4.74 Å². The summed E-state index contributed by atoms with van der Waals surface area (Å²) in [6.07, 6.45) is 6.57. The first kappa shape index (κ1) is 16.8. The number of nitrogens with one attached hydrogen (secondary N) is 1. The van der Waals surface area contributed by atoms with E-state index < -0.39 is 0 Å². The summed E-state index contributed by atoms with van der Waals surface area (Å²) in [7, 11) is 0. The molecule has 4 nitrogen and oxygen atoms in total. The van der Waals surface area contributed by atoms with E-state index in [-0.39, 0.29) is 0 Å². The molecule has 4 rings (SSSR count). The molecule has 0 saturated carbocycles. The summed E-state index contributed by atoms with van der Waals surface area (Å²) >= 11 is 1.72. The minimum Gasteiger partial charge on any atom is -0.489 e. The highest BCUT2D eigenvalue weighted by atomic mass is 32.1. The van der Waals surface area contributed by atoms with Gasteiger partial charge in [-0.25, -0.2) is 4.98 Å². The van der Waals surface area contributed by atoms with Crippen molar-refractivity contribution in [2.24, 2.45) is 5.10 Å². The van der Waals surface area contributed by atoms with Crippen LogP contribution in [0.2, 0.25) is 0 Å². The van der Waals surface area contributed by atoms with Gasteiger partial charge in [0.1, 0.15) is 12.4 Å². The van der Waals surface area contributed by atoms with Crippen LogP contribution in [-0.2, 0) is 19.4 Å². The molecule has 1 N–H and O–H groups in total. The topological polar surface area (TPSA) is 46.5 Å². The fraction of sp³-hybridized carbons (Fsp3) is 0.238. The number of ether oxygens (including phenoxy) is 1. The number of hydrazone groups is 1. The van der Waals surface area contributed by atoms with E-state index in [0.29, 0.717) is 6.61 Å². The van der Waals surface area contributed by atoms with Crippen molar-refractivity contribution in [2.45, 2.75) is 32.3 Å². The molecule has 0 atom stereocenters. The Hall–Kier alpha value is -2.66. The van der Waals surface area contributed by atoms with Crippen molar-refractivity contribution in [3.8, 4) is 5.75 Å². The van der Waals surface area contributed by atoms with Crippen molar-refractivity contribution >= 4 is 22.7 Å². The minimum atomic E-state index is 0.560. The number of aromatic nitrogens is 1. The maximum Gasteiger partial charge on any atom is 0.203 e. The Morgan fingerprint density at radius 1 is 1.08 bits per heavy atom. The lowest BCUT2D eigenvalue weighted by atomic mass is 10.0. The summed E-state index contributed by atoms with van der Waals surface area (Å²) in [6, 6.07) is 18.1. The molecule has 0 spiro atoms. The summed E-state index contributed by atoms with van der Waals surface area (Å²) < 4.78 is 5.86. The van der Waals surface area contributed by atoms with Crippen LogP contribution in [0, 0.1) is 0 Å². The van der Waals surface area contributed by atoms with E-state index in [1.54, 1.807) is 17.6 Å². The largest absolute Gasteiger partial charge is 0.489 e. The van der Waals surface area contributed by atoms with Crippen molar-refractivity contribution < 1.29 is 4.74 Å². The van der Waals surface area contributed by atoms with Gasteiger partial charge in [0.15, 0.2) is 0 Å². The lowest BCUT2D eigenvalue weighted by molar-refractivity contribution is 0.306. The van der Waals surface area contributed by atoms with Gasteiger partial charge in [0.2, 0.25) is 5.13 Å².